The smallest absolute Gasteiger partial charge is 0.339 e. The monoisotopic (exact) mass is 354 g/mol. The third-order valence-corrected chi connectivity index (χ3v) is 5.45. The summed E-state index contributed by atoms with van der Waals surface area (Å²) in [6.45, 7) is 5.97. The Bertz CT molecular complexity index is 818. The van der Waals surface area contributed by atoms with Crippen molar-refractivity contribution in [2.75, 3.05) is 6.61 Å². The molecule has 2 aromatic rings. The lowest BCUT2D eigenvalue weighted by Gasteiger charge is -2.34. The Morgan fingerprint density at radius 3 is 2.81 bits per heavy atom. The fourth-order valence-corrected chi connectivity index (χ4v) is 3.72. The number of nitrogens with zero attached hydrogens (tertiary/aromatic N) is 1. The van der Waals surface area contributed by atoms with E-state index in [9.17, 15) is 9.59 Å². The molecule has 1 aromatic heterocycles. The third kappa shape index (κ3) is 4.03. The number of carbonyl (C=O) groups is 2. The quantitative estimate of drug-likeness (QED) is 0.851. The van der Waals surface area contributed by atoms with E-state index in [1.165, 1.54) is 6.42 Å². The van der Waals surface area contributed by atoms with Gasteiger partial charge in [0.05, 0.1) is 11.1 Å². The van der Waals surface area contributed by atoms with Crippen LogP contribution in [0.2, 0.25) is 0 Å². The maximum atomic E-state index is 12.5. The second-order valence-electron chi connectivity index (χ2n) is 7.35. The Hall–Kier alpha value is -2.43. The second-order valence-corrected chi connectivity index (χ2v) is 7.35. The number of hydrogen-bond acceptors (Lipinski definition) is 4. The SMILES string of the molecule is Cc1cc(C(=O)OCC(=O)N[C@@H]2CCC[C@@H](C)[C@@H]2C)c2ccccc2n1. The largest absolute Gasteiger partial charge is 0.452 e. The van der Waals surface area contributed by atoms with Crippen molar-refractivity contribution in [3.8, 4) is 0 Å². The van der Waals surface area contributed by atoms with Crippen LogP contribution in [0.25, 0.3) is 10.9 Å². The van der Waals surface area contributed by atoms with Crippen LogP contribution in [0, 0.1) is 18.8 Å². The number of fused-ring (bicyclic) bond motifs is 1. The number of amides is 1. The number of para-hydroxylation sites is 1. The lowest BCUT2D eigenvalue weighted by atomic mass is 9.78. The van der Waals surface area contributed by atoms with E-state index >= 15 is 0 Å². The van der Waals surface area contributed by atoms with Gasteiger partial charge >= 0.3 is 5.97 Å². The fourth-order valence-electron chi connectivity index (χ4n) is 3.72. The maximum absolute atomic E-state index is 12.5. The van der Waals surface area contributed by atoms with Crippen LogP contribution in [0.3, 0.4) is 0 Å². The van der Waals surface area contributed by atoms with E-state index in [0.29, 0.717) is 17.4 Å². The van der Waals surface area contributed by atoms with Crippen LogP contribution in [0.5, 0.6) is 0 Å². The van der Waals surface area contributed by atoms with Gasteiger partial charge in [0.1, 0.15) is 0 Å². The van der Waals surface area contributed by atoms with E-state index < -0.39 is 5.97 Å². The van der Waals surface area contributed by atoms with Gasteiger partial charge in [-0.1, -0.05) is 44.9 Å². The minimum absolute atomic E-state index is 0.161. The van der Waals surface area contributed by atoms with Gasteiger partial charge in [0.25, 0.3) is 5.91 Å². The highest BCUT2D eigenvalue weighted by Crippen LogP contribution is 2.29. The summed E-state index contributed by atoms with van der Waals surface area (Å²) in [5, 5.41) is 3.76. The van der Waals surface area contributed by atoms with Crippen molar-refractivity contribution >= 4 is 22.8 Å². The molecule has 1 aliphatic rings. The molecule has 1 aromatic carbocycles. The lowest BCUT2D eigenvalue weighted by molar-refractivity contribution is -0.125. The molecule has 1 heterocycles. The molecule has 1 aliphatic carbocycles. The predicted molar refractivity (Wildman–Crippen MR) is 101 cm³/mol. The number of pyridine rings is 1. The normalized spacial score (nSPS) is 22.8. The van der Waals surface area contributed by atoms with E-state index in [-0.39, 0.29) is 18.6 Å². The van der Waals surface area contributed by atoms with Crippen molar-refractivity contribution in [3.05, 3.63) is 41.6 Å². The highest BCUT2D eigenvalue weighted by Gasteiger charge is 2.28. The van der Waals surface area contributed by atoms with Gasteiger partial charge in [-0.15, -0.1) is 0 Å². The number of nitrogens with one attached hydrogen (secondary N) is 1. The number of rotatable bonds is 4. The Kier molecular flexibility index (Phi) is 5.55. The van der Waals surface area contributed by atoms with Crippen molar-refractivity contribution in [2.45, 2.75) is 46.1 Å². The zero-order valence-corrected chi connectivity index (χ0v) is 15.6. The molecule has 1 fully saturated rings. The van der Waals surface area contributed by atoms with Crippen molar-refractivity contribution in [3.63, 3.8) is 0 Å². The summed E-state index contributed by atoms with van der Waals surface area (Å²) in [4.78, 5) is 29.1. The predicted octanol–water partition coefficient (Wildman–Crippen LogP) is 3.64. The first kappa shape index (κ1) is 18.4. The lowest BCUT2D eigenvalue weighted by Crippen LogP contribution is -2.45. The minimum atomic E-state index is -0.494. The molecule has 1 amide bonds. The molecule has 0 spiro atoms. The number of carbonyl (C=O) groups excluding carboxylic acids is 2. The summed E-state index contributed by atoms with van der Waals surface area (Å²) < 4.78 is 5.28. The van der Waals surface area contributed by atoms with Crippen molar-refractivity contribution in [1.82, 2.24) is 10.3 Å². The molecule has 0 bridgehead atoms. The molecule has 5 heteroatoms. The molecule has 26 heavy (non-hydrogen) atoms. The first-order valence-electron chi connectivity index (χ1n) is 9.28. The highest BCUT2D eigenvalue weighted by molar-refractivity contribution is 6.04. The Morgan fingerprint density at radius 2 is 2.00 bits per heavy atom. The van der Waals surface area contributed by atoms with Gasteiger partial charge in [0, 0.05) is 17.1 Å². The average molecular weight is 354 g/mol. The van der Waals surface area contributed by atoms with Crippen LogP contribution < -0.4 is 5.32 Å². The molecular weight excluding hydrogens is 328 g/mol. The molecule has 3 rings (SSSR count). The zero-order valence-electron chi connectivity index (χ0n) is 15.6. The van der Waals surface area contributed by atoms with Crippen LogP contribution in [-0.4, -0.2) is 29.5 Å². The van der Waals surface area contributed by atoms with Crippen LogP contribution >= 0.6 is 0 Å². The maximum Gasteiger partial charge on any atom is 0.339 e. The highest BCUT2D eigenvalue weighted by atomic mass is 16.5. The van der Waals surface area contributed by atoms with E-state index in [1.54, 1.807) is 6.07 Å². The molecule has 1 N–H and O–H groups in total. The van der Waals surface area contributed by atoms with E-state index in [0.717, 1.165) is 29.4 Å². The number of benzene rings is 1. The molecule has 0 saturated heterocycles. The number of aryl methyl sites for hydroxylation is 1. The second kappa shape index (κ2) is 7.85. The van der Waals surface area contributed by atoms with Gasteiger partial charge in [-0.2, -0.15) is 0 Å². The van der Waals surface area contributed by atoms with Crippen molar-refractivity contribution in [1.29, 1.82) is 0 Å². The van der Waals surface area contributed by atoms with E-state index in [2.05, 4.69) is 24.1 Å². The van der Waals surface area contributed by atoms with Crippen molar-refractivity contribution in [2.24, 2.45) is 11.8 Å². The topological polar surface area (TPSA) is 68.3 Å². The first-order chi connectivity index (χ1) is 12.5. The summed E-state index contributed by atoms with van der Waals surface area (Å²) in [5.41, 5.74) is 1.93. The standard InChI is InChI=1S/C21H26N2O3/c1-13-7-6-10-18(15(13)3)23-20(24)12-26-21(25)17-11-14(2)22-19-9-5-4-8-16(17)19/h4-5,8-9,11,13,15,18H,6-7,10,12H2,1-3H3,(H,23,24)/t13-,15+,18-/m1/s1. The third-order valence-electron chi connectivity index (χ3n) is 5.45. The summed E-state index contributed by atoms with van der Waals surface area (Å²) >= 11 is 0. The first-order valence-corrected chi connectivity index (χ1v) is 9.28. The van der Waals surface area contributed by atoms with Gasteiger partial charge in [0.2, 0.25) is 0 Å². The molecule has 0 radical (unpaired) electrons. The Morgan fingerprint density at radius 1 is 1.23 bits per heavy atom. The van der Waals surface area contributed by atoms with Crippen LogP contribution in [0.1, 0.15) is 49.2 Å². The van der Waals surface area contributed by atoms with Gasteiger partial charge in [-0.05, 0) is 37.3 Å². The molecule has 0 unspecified atom stereocenters. The Labute approximate surface area is 154 Å². The van der Waals surface area contributed by atoms with Crippen LogP contribution in [0.4, 0.5) is 0 Å². The van der Waals surface area contributed by atoms with Crippen LogP contribution in [-0.2, 0) is 9.53 Å². The number of hydrogen-bond donors (Lipinski definition) is 1. The molecule has 138 valence electrons. The van der Waals surface area contributed by atoms with E-state index in [4.69, 9.17) is 4.74 Å². The van der Waals surface area contributed by atoms with Gasteiger partial charge < -0.3 is 10.1 Å². The summed E-state index contributed by atoms with van der Waals surface area (Å²) in [7, 11) is 0. The summed E-state index contributed by atoms with van der Waals surface area (Å²) in [5.74, 6) is 0.309. The van der Waals surface area contributed by atoms with Crippen molar-refractivity contribution < 1.29 is 14.3 Å². The van der Waals surface area contributed by atoms with Gasteiger partial charge in [0.15, 0.2) is 6.61 Å². The molecular formula is C21H26N2O3. The van der Waals surface area contributed by atoms with E-state index in [1.807, 2.05) is 31.2 Å². The number of esters is 1. The molecule has 1 saturated carbocycles. The number of ether oxygens (including phenoxy) is 1. The minimum Gasteiger partial charge on any atom is -0.452 e. The Balaban J connectivity index is 1.63. The van der Waals surface area contributed by atoms with Gasteiger partial charge in [-0.25, -0.2) is 4.79 Å². The van der Waals surface area contributed by atoms with Gasteiger partial charge in [-0.3, -0.25) is 9.78 Å². The molecule has 0 aliphatic heterocycles. The zero-order chi connectivity index (χ0) is 18.7. The number of aromatic nitrogens is 1. The fraction of sp³-hybridized carbons (Fsp3) is 0.476. The summed E-state index contributed by atoms with van der Waals surface area (Å²) in [6.07, 6.45) is 3.31. The molecule has 5 nitrogen and oxygen atoms in total. The van der Waals surface area contributed by atoms with Crippen LogP contribution in [0.15, 0.2) is 30.3 Å². The summed E-state index contributed by atoms with van der Waals surface area (Å²) in [6, 6.07) is 9.29. The average Bonchev–Trinajstić information content (AvgIpc) is 2.62. The molecule has 3 atom stereocenters.